The van der Waals surface area contributed by atoms with Crippen molar-refractivity contribution in [3.05, 3.63) is 0 Å². The third kappa shape index (κ3) is 4.97. The zero-order chi connectivity index (χ0) is 16.8. The van der Waals surface area contributed by atoms with Crippen LogP contribution in [0.3, 0.4) is 0 Å². The van der Waals surface area contributed by atoms with E-state index < -0.39 is 0 Å². The average molecular weight is 335 g/mol. The van der Waals surface area contributed by atoms with Crippen molar-refractivity contribution in [2.45, 2.75) is 102 Å². The lowest BCUT2D eigenvalue weighted by Crippen LogP contribution is -2.45. The second-order valence-electron chi connectivity index (χ2n) is 8.24. The van der Waals surface area contributed by atoms with Crippen LogP contribution in [0.4, 0.5) is 0 Å². The minimum atomic E-state index is 0.162. The van der Waals surface area contributed by atoms with Crippen LogP contribution in [0, 0.1) is 11.8 Å². The summed E-state index contributed by atoms with van der Waals surface area (Å²) in [6.45, 7) is 0. The van der Waals surface area contributed by atoms with Crippen molar-refractivity contribution in [2.75, 3.05) is 0 Å². The van der Waals surface area contributed by atoms with Gasteiger partial charge in [-0.05, 0) is 51.4 Å². The molecule has 4 nitrogen and oxygen atoms in total. The summed E-state index contributed by atoms with van der Waals surface area (Å²) in [4.78, 5) is 24.8. The summed E-state index contributed by atoms with van der Waals surface area (Å²) in [5, 5.41) is 6.53. The van der Waals surface area contributed by atoms with E-state index in [1.807, 2.05) is 0 Å². The maximum atomic E-state index is 12.4. The monoisotopic (exact) mass is 334 g/mol. The highest BCUT2D eigenvalue weighted by atomic mass is 16.2. The van der Waals surface area contributed by atoms with Crippen molar-refractivity contribution in [3.8, 4) is 0 Å². The maximum Gasteiger partial charge on any atom is 0.223 e. The first-order valence-electron chi connectivity index (χ1n) is 10.3. The van der Waals surface area contributed by atoms with Crippen LogP contribution in [0.2, 0.25) is 0 Å². The molecule has 0 aromatic heterocycles. The van der Waals surface area contributed by atoms with E-state index in [9.17, 15) is 9.59 Å². The molecule has 24 heavy (non-hydrogen) atoms. The highest BCUT2D eigenvalue weighted by Crippen LogP contribution is 2.28. The van der Waals surface area contributed by atoms with Gasteiger partial charge < -0.3 is 10.6 Å². The molecule has 3 aliphatic carbocycles. The smallest absolute Gasteiger partial charge is 0.223 e. The molecule has 4 heteroatoms. The predicted molar refractivity (Wildman–Crippen MR) is 95.5 cm³/mol. The Hall–Kier alpha value is -1.06. The fourth-order valence-electron chi connectivity index (χ4n) is 4.75. The molecule has 3 saturated carbocycles. The third-order valence-electron chi connectivity index (χ3n) is 6.37. The SMILES string of the molecule is O=C(NC1CCC(C(=O)NC2CCCCC2)CC1)C1CCCCC1. The number of nitrogens with one attached hydrogen (secondary N) is 2. The van der Waals surface area contributed by atoms with E-state index in [1.54, 1.807) is 0 Å². The Balaban J connectivity index is 1.37. The molecule has 0 atom stereocenters. The molecule has 0 spiro atoms. The van der Waals surface area contributed by atoms with Gasteiger partial charge in [0, 0.05) is 23.9 Å². The highest BCUT2D eigenvalue weighted by molar-refractivity contribution is 5.80. The molecule has 0 unspecified atom stereocenters. The fraction of sp³-hybridized carbons (Fsp3) is 0.900. The Morgan fingerprint density at radius 1 is 0.500 bits per heavy atom. The van der Waals surface area contributed by atoms with E-state index in [0.717, 1.165) is 51.4 Å². The van der Waals surface area contributed by atoms with Crippen LogP contribution in [0.15, 0.2) is 0 Å². The first-order valence-corrected chi connectivity index (χ1v) is 10.3. The van der Waals surface area contributed by atoms with Crippen molar-refractivity contribution in [2.24, 2.45) is 11.8 Å². The number of hydrogen-bond donors (Lipinski definition) is 2. The zero-order valence-corrected chi connectivity index (χ0v) is 15.0. The zero-order valence-electron chi connectivity index (χ0n) is 15.0. The first-order chi connectivity index (χ1) is 11.7. The molecule has 0 aromatic carbocycles. The van der Waals surface area contributed by atoms with Gasteiger partial charge in [0.2, 0.25) is 11.8 Å². The van der Waals surface area contributed by atoms with Gasteiger partial charge in [0.25, 0.3) is 0 Å². The Morgan fingerprint density at radius 2 is 0.917 bits per heavy atom. The van der Waals surface area contributed by atoms with E-state index in [2.05, 4.69) is 10.6 Å². The van der Waals surface area contributed by atoms with Crippen LogP contribution in [-0.4, -0.2) is 23.9 Å². The van der Waals surface area contributed by atoms with E-state index in [0.29, 0.717) is 6.04 Å². The fourth-order valence-corrected chi connectivity index (χ4v) is 4.75. The molecular weight excluding hydrogens is 300 g/mol. The van der Waals surface area contributed by atoms with Crippen LogP contribution in [0.25, 0.3) is 0 Å². The summed E-state index contributed by atoms with van der Waals surface area (Å²) < 4.78 is 0. The van der Waals surface area contributed by atoms with E-state index >= 15 is 0 Å². The molecule has 2 amide bonds. The van der Waals surface area contributed by atoms with Gasteiger partial charge in [-0.15, -0.1) is 0 Å². The second kappa shape index (κ2) is 8.87. The number of hydrogen-bond acceptors (Lipinski definition) is 2. The van der Waals surface area contributed by atoms with Crippen molar-refractivity contribution < 1.29 is 9.59 Å². The van der Waals surface area contributed by atoms with Gasteiger partial charge in [0.1, 0.15) is 0 Å². The summed E-state index contributed by atoms with van der Waals surface area (Å²) in [5.41, 5.74) is 0. The number of carbonyl (C=O) groups excluding carboxylic acids is 2. The van der Waals surface area contributed by atoms with Gasteiger partial charge in [0.15, 0.2) is 0 Å². The lowest BCUT2D eigenvalue weighted by Gasteiger charge is -2.32. The van der Waals surface area contributed by atoms with E-state index in [4.69, 9.17) is 0 Å². The molecule has 136 valence electrons. The Labute approximate surface area is 146 Å². The lowest BCUT2D eigenvalue weighted by molar-refractivity contribution is -0.127. The minimum Gasteiger partial charge on any atom is -0.353 e. The number of carbonyl (C=O) groups is 2. The number of rotatable bonds is 4. The van der Waals surface area contributed by atoms with E-state index in [-0.39, 0.29) is 29.7 Å². The Morgan fingerprint density at radius 3 is 1.46 bits per heavy atom. The molecule has 3 rings (SSSR count). The van der Waals surface area contributed by atoms with Gasteiger partial charge in [0.05, 0.1) is 0 Å². The summed E-state index contributed by atoms with van der Waals surface area (Å²) in [7, 11) is 0. The van der Waals surface area contributed by atoms with Gasteiger partial charge in [-0.2, -0.15) is 0 Å². The largest absolute Gasteiger partial charge is 0.353 e. The molecule has 0 radical (unpaired) electrons. The van der Waals surface area contributed by atoms with Gasteiger partial charge in [-0.25, -0.2) is 0 Å². The van der Waals surface area contributed by atoms with Crippen LogP contribution in [0.1, 0.15) is 89.9 Å². The van der Waals surface area contributed by atoms with E-state index in [1.165, 1.54) is 38.5 Å². The van der Waals surface area contributed by atoms with Crippen LogP contribution in [-0.2, 0) is 9.59 Å². The van der Waals surface area contributed by atoms with Crippen molar-refractivity contribution >= 4 is 11.8 Å². The average Bonchev–Trinajstić information content (AvgIpc) is 2.64. The quantitative estimate of drug-likeness (QED) is 0.824. The number of amides is 2. The molecule has 3 aliphatic rings. The van der Waals surface area contributed by atoms with Crippen LogP contribution in [0.5, 0.6) is 0 Å². The molecular formula is C20H34N2O2. The van der Waals surface area contributed by atoms with Crippen LogP contribution >= 0.6 is 0 Å². The predicted octanol–water partition coefficient (Wildman–Crippen LogP) is 3.69. The minimum absolute atomic E-state index is 0.162. The molecule has 0 bridgehead atoms. The highest BCUT2D eigenvalue weighted by Gasteiger charge is 2.30. The standard InChI is InChI=1S/C20H34N2O2/c23-19(15-7-3-1-4-8-15)22-18-13-11-16(12-14-18)20(24)21-17-9-5-2-6-10-17/h15-18H,1-14H2,(H,21,24)(H,22,23). The molecule has 0 aliphatic heterocycles. The van der Waals surface area contributed by atoms with Gasteiger partial charge in [-0.3, -0.25) is 9.59 Å². The molecule has 2 N–H and O–H groups in total. The molecule has 0 heterocycles. The van der Waals surface area contributed by atoms with Crippen molar-refractivity contribution in [3.63, 3.8) is 0 Å². The first kappa shape index (κ1) is 17.8. The summed E-state index contributed by atoms with van der Waals surface area (Å²) >= 11 is 0. The van der Waals surface area contributed by atoms with Gasteiger partial charge in [-0.1, -0.05) is 38.5 Å². The van der Waals surface area contributed by atoms with Crippen molar-refractivity contribution in [1.82, 2.24) is 10.6 Å². The molecule has 0 saturated heterocycles. The molecule has 3 fully saturated rings. The maximum absolute atomic E-state index is 12.4. The Bertz CT molecular complexity index is 417. The normalized spacial score (nSPS) is 29.8. The second-order valence-corrected chi connectivity index (χ2v) is 8.24. The van der Waals surface area contributed by atoms with Crippen LogP contribution < -0.4 is 10.6 Å². The summed E-state index contributed by atoms with van der Waals surface area (Å²) in [6.07, 6.45) is 15.7. The lowest BCUT2D eigenvalue weighted by atomic mass is 9.84. The summed E-state index contributed by atoms with van der Waals surface area (Å²) in [6, 6.07) is 0.702. The van der Waals surface area contributed by atoms with Gasteiger partial charge >= 0.3 is 0 Å². The summed E-state index contributed by atoms with van der Waals surface area (Å²) in [5.74, 6) is 0.935. The Kier molecular flexibility index (Phi) is 6.56. The van der Waals surface area contributed by atoms with Crippen molar-refractivity contribution in [1.29, 1.82) is 0 Å². The molecule has 0 aromatic rings. The third-order valence-corrected chi connectivity index (χ3v) is 6.37. The topological polar surface area (TPSA) is 58.2 Å².